The van der Waals surface area contributed by atoms with Gasteiger partial charge in [-0.2, -0.15) is 0 Å². The lowest BCUT2D eigenvalue weighted by Crippen LogP contribution is -2.33. The van der Waals surface area contributed by atoms with Crippen molar-refractivity contribution >= 4 is 0 Å². The van der Waals surface area contributed by atoms with Gasteiger partial charge in [0.1, 0.15) is 5.82 Å². The number of hydrogen-bond acceptors (Lipinski definition) is 3. The first-order valence-corrected chi connectivity index (χ1v) is 6.83. The Kier molecular flexibility index (Phi) is 5.82. The van der Waals surface area contributed by atoms with Gasteiger partial charge in [0, 0.05) is 26.0 Å². The van der Waals surface area contributed by atoms with Crippen molar-refractivity contribution in [3.63, 3.8) is 0 Å². The van der Waals surface area contributed by atoms with Crippen molar-refractivity contribution in [2.75, 3.05) is 13.7 Å². The lowest BCUT2D eigenvalue weighted by molar-refractivity contribution is 0.00596. The summed E-state index contributed by atoms with van der Waals surface area (Å²) in [6, 6.07) is 0.242. The standard InChI is InChI=1S/C14H27N3O/c1-6-9-17-10-8-16-13(17)12(15-7-2)11-14(3,4)18-5/h8,10,12,15H,6-7,9,11H2,1-5H3. The minimum absolute atomic E-state index is 0.143. The molecule has 0 radical (unpaired) electrons. The second-order valence-corrected chi connectivity index (χ2v) is 5.26. The summed E-state index contributed by atoms with van der Waals surface area (Å²) >= 11 is 0. The maximum Gasteiger partial charge on any atom is 0.125 e. The van der Waals surface area contributed by atoms with Crippen molar-refractivity contribution < 1.29 is 4.74 Å². The molecule has 4 heteroatoms. The van der Waals surface area contributed by atoms with E-state index in [-0.39, 0.29) is 11.6 Å². The summed E-state index contributed by atoms with van der Waals surface area (Å²) in [5, 5.41) is 3.51. The highest BCUT2D eigenvalue weighted by Crippen LogP contribution is 2.25. The van der Waals surface area contributed by atoms with Crippen LogP contribution in [-0.2, 0) is 11.3 Å². The lowest BCUT2D eigenvalue weighted by atomic mass is 9.98. The number of hydrogen-bond donors (Lipinski definition) is 1. The zero-order valence-electron chi connectivity index (χ0n) is 12.4. The largest absolute Gasteiger partial charge is 0.379 e. The van der Waals surface area contributed by atoms with Crippen molar-refractivity contribution in [2.45, 2.75) is 58.7 Å². The van der Waals surface area contributed by atoms with Crippen LogP contribution in [0, 0.1) is 0 Å². The molecule has 1 atom stereocenters. The first-order valence-electron chi connectivity index (χ1n) is 6.83. The van der Waals surface area contributed by atoms with Gasteiger partial charge in [0.05, 0.1) is 11.6 Å². The third-order valence-corrected chi connectivity index (χ3v) is 3.22. The van der Waals surface area contributed by atoms with Gasteiger partial charge in [-0.3, -0.25) is 0 Å². The monoisotopic (exact) mass is 253 g/mol. The minimum atomic E-state index is -0.143. The summed E-state index contributed by atoms with van der Waals surface area (Å²) in [4.78, 5) is 4.52. The molecule has 0 spiro atoms. The van der Waals surface area contributed by atoms with E-state index in [9.17, 15) is 0 Å². The van der Waals surface area contributed by atoms with Crippen LogP contribution in [0.5, 0.6) is 0 Å². The Labute approximate surface area is 111 Å². The van der Waals surface area contributed by atoms with Crippen LogP contribution in [0.4, 0.5) is 0 Å². The Morgan fingerprint density at radius 3 is 2.72 bits per heavy atom. The summed E-state index contributed by atoms with van der Waals surface area (Å²) in [5.41, 5.74) is -0.143. The number of imidazole rings is 1. The Balaban J connectivity index is 2.86. The fourth-order valence-corrected chi connectivity index (χ4v) is 2.14. The first kappa shape index (κ1) is 15.2. The third kappa shape index (κ3) is 4.10. The number of ether oxygens (including phenoxy) is 1. The summed E-state index contributed by atoms with van der Waals surface area (Å²) < 4.78 is 7.77. The molecule has 1 heterocycles. The zero-order valence-corrected chi connectivity index (χ0v) is 12.4. The van der Waals surface area contributed by atoms with Gasteiger partial charge >= 0.3 is 0 Å². The number of rotatable bonds is 8. The molecular weight excluding hydrogens is 226 g/mol. The van der Waals surface area contributed by atoms with Gasteiger partial charge in [0.25, 0.3) is 0 Å². The second kappa shape index (κ2) is 6.90. The van der Waals surface area contributed by atoms with E-state index in [0.29, 0.717) is 0 Å². The van der Waals surface area contributed by atoms with Crippen molar-refractivity contribution in [1.29, 1.82) is 0 Å². The van der Waals surface area contributed by atoms with Gasteiger partial charge in [0.2, 0.25) is 0 Å². The molecule has 18 heavy (non-hydrogen) atoms. The van der Waals surface area contributed by atoms with Crippen molar-refractivity contribution in [3.8, 4) is 0 Å². The third-order valence-electron chi connectivity index (χ3n) is 3.22. The summed E-state index contributed by atoms with van der Waals surface area (Å²) in [6.45, 7) is 10.5. The topological polar surface area (TPSA) is 39.1 Å². The molecule has 1 rings (SSSR count). The molecule has 0 amide bonds. The van der Waals surface area contributed by atoms with E-state index in [1.54, 1.807) is 7.11 Å². The molecule has 0 saturated carbocycles. The fourth-order valence-electron chi connectivity index (χ4n) is 2.14. The van der Waals surface area contributed by atoms with E-state index in [1.807, 2.05) is 6.20 Å². The predicted octanol–water partition coefficient (Wildman–Crippen LogP) is 2.76. The molecule has 1 N–H and O–H groups in total. The van der Waals surface area contributed by atoms with E-state index < -0.39 is 0 Å². The molecule has 104 valence electrons. The average molecular weight is 253 g/mol. The highest BCUT2D eigenvalue weighted by atomic mass is 16.5. The second-order valence-electron chi connectivity index (χ2n) is 5.26. The van der Waals surface area contributed by atoms with Crippen LogP contribution in [0.15, 0.2) is 12.4 Å². The number of nitrogens with one attached hydrogen (secondary N) is 1. The number of methoxy groups -OCH3 is 1. The summed E-state index contributed by atoms with van der Waals surface area (Å²) in [6.07, 6.45) is 5.98. The molecule has 0 bridgehead atoms. The molecule has 1 aromatic heterocycles. The van der Waals surface area contributed by atoms with E-state index in [0.717, 1.165) is 31.8 Å². The Morgan fingerprint density at radius 2 is 2.17 bits per heavy atom. The molecule has 4 nitrogen and oxygen atoms in total. The Morgan fingerprint density at radius 1 is 1.44 bits per heavy atom. The quantitative estimate of drug-likeness (QED) is 0.774. The van der Waals surface area contributed by atoms with E-state index in [4.69, 9.17) is 4.74 Å². The zero-order chi connectivity index (χ0) is 13.6. The Bertz CT molecular complexity index is 347. The molecule has 0 aromatic carbocycles. The van der Waals surface area contributed by atoms with Crippen LogP contribution in [-0.4, -0.2) is 28.8 Å². The molecule has 0 aliphatic carbocycles. The molecular formula is C14H27N3O. The van der Waals surface area contributed by atoms with Crippen molar-refractivity contribution in [3.05, 3.63) is 18.2 Å². The first-order chi connectivity index (χ1) is 8.54. The van der Waals surface area contributed by atoms with E-state index in [2.05, 4.69) is 48.8 Å². The molecule has 0 aliphatic heterocycles. The molecule has 0 saturated heterocycles. The van der Waals surface area contributed by atoms with E-state index >= 15 is 0 Å². The predicted molar refractivity (Wildman–Crippen MR) is 74.6 cm³/mol. The van der Waals surface area contributed by atoms with Gasteiger partial charge in [-0.15, -0.1) is 0 Å². The molecule has 0 fully saturated rings. The molecule has 0 aliphatic rings. The molecule has 1 unspecified atom stereocenters. The number of aryl methyl sites for hydroxylation is 1. The number of nitrogens with zero attached hydrogens (tertiary/aromatic N) is 2. The highest BCUT2D eigenvalue weighted by molar-refractivity contribution is 5.01. The van der Waals surface area contributed by atoms with Crippen LogP contribution in [0.25, 0.3) is 0 Å². The van der Waals surface area contributed by atoms with Crippen LogP contribution >= 0.6 is 0 Å². The van der Waals surface area contributed by atoms with E-state index in [1.165, 1.54) is 0 Å². The van der Waals surface area contributed by atoms with Crippen molar-refractivity contribution in [1.82, 2.24) is 14.9 Å². The van der Waals surface area contributed by atoms with Gasteiger partial charge in [-0.05, 0) is 33.2 Å². The molecule has 1 aromatic rings. The Hall–Kier alpha value is -0.870. The smallest absolute Gasteiger partial charge is 0.125 e. The minimum Gasteiger partial charge on any atom is -0.379 e. The van der Waals surface area contributed by atoms with Crippen LogP contribution in [0.2, 0.25) is 0 Å². The number of aromatic nitrogens is 2. The van der Waals surface area contributed by atoms with Crippen LogP contribution < -0.4 is 5.32 Å². The van der Waals surface area contributed by atoms with Gasteiger partial charge in [0.15, 0.2) is 0 Å². The maximum absolute atomic E-state index is 5.54. The maximum atomic E-state index is 5.54. The van der Waals surface area contributed by atoms with Crippen LogP contribution in [0.1, 0.15) is 52.4 Å². The summed E-state index contributed by atoms with van der Waals surface area (Å²) in [7, 11) is 1.77. The SMILES string of the molecule is CCCn1ccnc1C(CC(C)(C)OC)NCC. The normalized spacial score (nSPS) is 13.8. The average Bonchev–Trinajstić information content (AvgIpc) is 2.77. The van der Waals surface area contributed by atoms with Gasteiger partial charge < -0.3 is 14.6 Å². The summed E-state index contributed by atoms with van der Waals surface area (Å²) in [5.74, 6) is 1.11. The highest BCUT2D eigenvalue weighted by Gasteiger charge is 2.26. The van der Waals surface area contributed by atoms with Crippen LogP contribution in [0.3, 0.4) is 0 Å². The fraction of sp³-hybridized carbons (Fsp3) is 0.786. The lowest BCUT2D eigenvalue weighted by Gasteiger charge is -2.29. The van der Waals surface area contributed by atoms with Gasteiger partial charge in [-0.25, -0.2) is 4.98 Å². The van der Waals surface area contributed by atoms with Crippen molar-refractivity contribution in [2.24, 2.45) is 0 Å². The van der Waals surface area contributed by atoms with Gasteiger partial charge in [-0.1, -0.05) is 13.8 Å².